The predicted molar refractivity (Wildman–Crippen MR) is 101 cm³/mol. The lowest BCUT2D eigenvalue weighted by Gasteiger charge is -2.29. The summed E-state index contributed by atoms with van der Waals surface area (Å²) in [6.45, 7) is 11.9. The van der Waals surface area contributed by atoms with Crippen LogP contribution in [-0.4, -0.2) is 46.8 Å². The van der Waals surface area contributed by atoms with Gasteiger partial charge in [0.15, 0.2) is 5.78 Å². The van der Waals surface area contributed by atoms with Gasteiger partial charge in [0.2, 0.25) is 5.91 Å². The Morgan fingerprint density at radius 2 is 1.73 bits per heavy atom. The molecule has 0 fully saturated rings. The highest BCUT2D eigenvalue weighted by atomic mass is 16.5. The van der Waals surface area contributed by atoms with Crippen LogP contribution in [0, 0.1) is 19.8 Å². The largest absolute Gasteiger partial charge is 0.464 e. The fourth-order valence-corrected chi connectivity index (χ4v) is 3.21. The molecular weight excluding hydrogens is 332 g/mol. The summed E-state index contributed by atoms with van der Waals surface area (Å²) in [4.78, 5) is 39.3. The number of ether oxygens (including phenoxy) is 1. The molecule has 0 bridgehead atoms. The minimum atomic E-state index is -0.577. The first-order valence-corrected chi connectivity index (χ1v) is 9.16. The Labute approximate surface area is 156 Å². The first-order valence-electron chi connectivity index (χ1n) is 9.16. The van der Waals surface area contributed by atoms with Crippen LogP contribution in [0.1, 0.15) is 72.6 Å². The van der Waals surface area contributed by atoms with E-state index >= 15 is 0 Å². The van der Waals surface area contributed by atoms with Gasteiger partial charge in [-0.25, -0.2) is 4.79 Å². The van der Waals surface area contributed by atoms with Crippen LogP contribution in [0.4, 0.5) is 0 Å². The average molecular weight is 364 g/mol. The van der Waals surface area contributed by atoms with Gasteiger partial charge >= 0.3 is 5.97 Å². The third-order valence-electron chi connectivity index (χ3n) is 4.97. The van der Waals surface area contributed by atoms with Crippen molar-refractivity contribution in [1.29, 1.82) is 0 Å². The van der Waals surface area contributed by atoms with Crippen molar-refractivity contribution in [2.45, 2.75) is 60.4 Å². The molecule has 6 heteroatoms. The number of Topliss-reactive ketones (excluding diaryl/α,β-unsaturated/α-hetero) is 1. The van der Waals surface area contributed by atoms with Crippen LogP contribution in [0.5, 0.6) is 0 Å². The standard InChI is InChI=1S/C20H32N2O4/c1-9-16(23)22(11-10-12(2)3)15(6)19(24)17-13(4)18(20(25)26-8)21(7)14(17)5/h12,15H,9-11H2,1-8H3. The summed E-state index contributed by atoms with van der Waals surface area (Å²) >= 11 is 0. The van der Waals surface area contributed by atoms with Gasteiger partial charge in [0.25, 0.3) is 0 Å². The van der Waals surface area contributed by atoms with Crippen LogP contribution in [-0.2, 0) is 16.6 Å². The first kappa shape index (κ1) is 21.9. The van der Waals surface area contributed by atoms with E-state index in [0.29, 0.717) is 41.4 Å². The topological polar surface area (TPSA) is 68.6 Å². The van der Waals surface area contributed by atoms with Crippen LogP contribution in [0.25, 0.3) is 0 Å². The SMILES string of the molecule is CCC(=O)N(CCC(C)C)C(C)C(=O)c1c(C)c(C(=O)OC)n(C)c1C. The Hall–Kier alpha value is -2.11. The van der Waals surface area contributed by atoms with Gasteiger partial charge in [-0.1, -0.05) is 20.8 Å². The van der Waals surface area contributed by atoms with Crippen molar-refractivity contribution in [2.75, 3.05) is 13.7 Å². The lowest BCUT2D eigenvalue weighted by molar-refractivity contribution is -0.132. The number of amides is 1. The van der Waals surface area contributed by atoms with Gasteiger partial charge in [0.05, 0.1) is 13.2 Å². The van der Waals surface area contributed by atoms with Gasteiger partial charge in [-0.2, -0.15) is 0 Å². The summed E-state index contributed by atoms with van der Waals surface area (Å²) in [6.07, 6.45) is 1.19. The number of carbonyl (C=O) groups excluding carboxylic acids is 3. The molecule has 6 nitrogen and oxygen atoms in total. The summed E-state index contributed by atoms with van der Waals surface area (Å²) in [7, 11) is 3.06. The summed E-state index contributed by atoms with van der Waals surface area (Å²) in [5.74, 6) is -0.209. The third kappa shape index (κ3) is 4.34. The molecule has 1 aromatic rings. The number of rotatable bonds is 8. The van der Waals surface area contributed by atoms with Crippen LogP contribution < -0.4 is 0 Å². The van der Waals surface area contributed by atoms with Gasteiger partial charge in [0, 0.05) is 31.3 Å². The molecule has 0 aliphatic carbocycles. The lowest BCUT2D eigenvalue weighted by atomic mass is 9.99. The summed E-state index contributed by atoms with van der Waals surface area (Å²) in [5, 5.41) is 0. The number of methoxy groups -OCH3 is 1. The van der Waals surface area contributed by atoms with E-state index in [4.69, 9.17) is 4.74 Å². The molecule has 146 valence electrons. The Kier molecular flexibility index (Phi) is 7.60. The highest BCUT2D eigenvalue weighted by molar-refractivity contribution is 6.06. The third-order valence-corrected chi connectivity index (χ3v) is 4.97. The van der Waals surface area contributed by atoms with E-state index in [9.17, 15) is 14.4 Å². The maximum atomic E-state index is 13.2. The zero-order chi connectivity index (χ0) is 20.2. The summed E-state index contributed by atoms with van der Waals surface area (Å²) in [5.41, 5.74) is 2.17. The van der Waals surface area contributed by atoms with Crippen molar-refractivity contribution >= 4 is 17.7 Å². The number of hydrogen-bond donors (Lipinski definition) is 0. The second-order valence-corrected chi connectivity index (χ2v) is 7.15. The molecule has 0 aromatic carbocycles. The van der Waals surface area contributed by atoms with Crippen molar-refractivity contribution < 1.29 is 19.1 Å². The van der Waals surface area contributed by atoms with Crippen LogP contribution in [0.2, 0.25) is 0 Å². The van der Waals surface area contributed by atoms with Gasteiger partial charge < -0.3 is 14.2 Å². The molecular formula is C20H32N2O4. The summed E-state index contributed by atoms with van der Waals surface area (Å²) < 4.78 is 6.52. The number of carbonyl (C=O) groups is 3. The Bertz CT molecular complexity index is 688. The molecule has 0 spiro atoms. The Morgan fingerprint density at radius 3 is 2.19 bits per heavy atom. The monoisotopic (exact) mass is 364 g/mol. The maximum Gasteiger partial charge on any atom is 0.354 e. The quantitative estimate of drug-likeness (QED) is 0.524. The molecule has 1 atom stereocenters. The minimum absolute atomic E-state index is 0.0362. The number of aromatic nitrogens is 1. The maximum absolute atomic E-state index is 13.2. The Balaban J connectivity index is 3.28. The van der Waals surface area contributed by atoms with Crippen molar-refractivity contribution in [3.8, 4) is 0 Å². The van der Waals surface area contributed by atoms with E-state index in [0.717, 1.165) is 6.42 Å². The normalized spacial score (nSPS) is 12.2. The molecule has 0 aliphatic rings. The van der Waals surface area contributed by atoms with E-state index < -0.39 is 12.0 Å². The van der Waals surface area contributed by atoms with Gasteiger partial charge in [0.1, 0.15) is 5.69 Å². The van der Waals surface area contributed by atoms with E-state index in [1.165, 1.54) is 7.11 Å². The fourth-order valence-electron chi connectivity index (χ4n) is 3.21. The fraction of sp³-hybridized carbons (Fsp3) is 0.650. The molecule has 0 aliphatic heterocycles. The number of hydrogen-bond acceptors (Lipinski definition) is 4. The molecule has 0 saturated carbocycles. The minimum Gasteiger partial charge on any atom is -0.464 e. The zero-order valence-electron chi connectivity index (χ0n) is 17.3. The van der Waals surface area contributed by atoms with E-state index in [1.54, 1.807) is 44.2 Å². The van der Waals surface area contributed by atoms with Crippen LogP contribution in [0.15, 0.2) is 0 Å². The molecule has 1 rings (SSSR count). The molecule has 0 radical (unpaired) electrons. The number of esters is 1. The molecule has 1 unspecified atom stereocenters. The highest BCUT2D eigenvalue weighted by Gasteiger charge is 2.31. The highest BCUT2D eigenvalue weighted by Crippen LogP contribution is 2.25. The Morgan fingerprint density at radius 1 is 1.15 bits per heavy atom. The molecule has 1 heterocycles. The zero-order valence-corrected chi connectivity index (χ0v) is 17.3. The van der Waals surface area contributed by atoms with E-state index in [1.807, 2.05) is 0 Å². The number of ketones is 1. The first-order chi connectivity index (χ1) is 12.1. The smallest absolute Gasteiger partial charge is 0.354 e. The predicted octanol–water partition coefficient (Wildman–Crippen LogP) is 3.28. The van der Waals surface area contributed by atoms with Gasteiger partial charge in [-0.15, -0.1) is 0 Å². The molecule has 1 aromatic heterocycles. The van der Waals surface area contributed by atoms with Crippen molar-refractivity contribution in [3.05, 3.63) is 22.5 Å². The van der Waals surface area contributed by atoms with E-state index in [-0.39, 0.29) is 11.7 Å². The van der Waals surface area contributed by atoms with Crippen molar-refractivity contribution in [3.63, 3.8) is 0 Å². The van der Waals surface area contributed by atoms with E-state index in [2.05, 4.69) is 13.8 Å². The van der Waals surface area contributed by atoms with Crippen molar-refractivity contribution in [1.82, 2.24) is 9.47 Å². The summed E-state index contributed by atoms with van der Waals surface area (Å²) in [6, 6.07) is -0.577. The second-order valence-electron chi connectivity index (χ2n) is 7.15. The molecule has 0 saturated heterocycles. The van der Waals surface area contributed by atoms with Crippen LogP contribution >= 0.6 is 0 Å². The van der Waals surface area contributed by atoms with Gasteiger partial charge in [-0.05, 0) is 38.7 Å². The van der Waals surface area contributed by atoms with Crippen molar-refractivity contribution in [2.24, 2.45) is 13.0 Å². The average Bonchev–Trinajstić information content (AvgIpc) is 2.82. The lowest BCUT2D eigenvalue weighted by Crippen LogP contribution is -2.44. The molecule has 0 N–H and O–H groups in total. The molecule has 26 heavy (non-hydrogen) atoms. The second kappa shape index (κ2) is 9.01. The molecule has 1 amide bonds. The number of nitrogens with zero attached hydrogens (tertiary/aromatic N) is 2. The van der Waals surface area contributed by atoms with Crippen LogP contribution in [0.3, 0.4) is 0 Å². The van der Waals surface area contributed by atoms with Gasteiger partial charge in [-0.3, -0.25) is 9.59 Å².